The Hall–Kier alpha value is -3.51. The number of carbonyl (C=O) groups is 1. The maximum absolute atomic E-state index is 16.3. The lowest BCUT2D eigenvalue weighted by molar-refractivity contribution is -0.335. The Kier molecular flexibility index (Phi) is 8.84. The first-order valence-corrected chi connectivity index (χ1v) is 14.3. The number of ether oxygens (including phenoxy) is 2. The van der Waals surface area contributed by atoms with Gasteiger partial charge in [-0.15, -0.1) is 0 Å². The van der Waals surface area contributed by atoms with E-state index in [9.17, 15) is 20.1 Å². The second-order valence-corrected chi connectivity index (χ2v) is 11.1. The fourth-order valence-corrected chi connectivity index (χ4v) is 6.06. The van der Waals surface area contributed by atoms with Crippen LogP contribution in [0.4, 0.5) is 4.32 Å². The highest BCUT2D eigenvalue weighted by Crippen LogP contribution is 2.39. The van der Waals surface area contributed by atoms with E-state index in [1.807, 2.05) is 69.3 Å². The second-order valence-electron chi connectivity index (χ2n) is 11.1. The third-order valence-electron chi connectivity index (χ3n) is 8.20. The van der Waals surface area contributed by atoms with Gasteiger partial charge < -0.3 is 30.1 Å². The summed E-state index contributed by atoms with van der Waals surface area (Å²) < 4.78 is 30.3. The molecule has 4 heterocycles. The zero-order valence-corrected chi connectivity index (χ0v) is 24.4. The predicted octanol–water partition coefficient (Wildman–Crippen LogP) is 2.54. The van der Waals surface area contributed by atoms with Crippen LogP contribution >= 0.6 is 0 Å². The van der Waals surface area contributed by atoms with E-state index in [-0.39, 0.29) is 25.5 Å². The number of aliphatic hydroxyl groups excluding tert-OH is 3. The summed E-state index contributed by atoms with van der Waals surface area (Å²) in [6.45, 7) is 5.99. The van der Waals surface area contributed by atoms with Crippen LogP contribution in [0.5, 0.6) is 5.75 Å². The molecule has 4 atom stereocenters. The van der Waals surface area contributed by atoms with Crippen LogP contribution in [0.1, 0.15) is 48.7 Å². The Bertz CT molecular complexity index is 1480. The topological polar surface area (TPSA) is 116 Å². The molecule has 5 rings (SSSR count). The molecule has 1 amide bonds. The molecule has 42 heavy (non-hydrogen) atoms. The number of fused-ring (bicyclic) bond motifs is 2. The number of benzene rings is 1. The van der Waals surface area contributed by atoms with Crippen molar-refractivity contribution >= 4 is 30.5 Å². The maximum atomic E-state index is 16.3. The number of nitrogens with zero attached hydrogens (tertiary/aromatic N) is 2. The number of aromatic nitrogens is 1. The zero-order chi connectivity index (χ0) is 30.1. The van der Waals surface area contributed by atoms with Crippen molar-refractivity contribution in [3.63, 3.8) is 0 Å². The van der Waals surface area contributed by atoms with E-state index < -0.39 is 31.7 Å². The first-order valence-electron chi connectivity index (χ1n) is 14.3. The summed E-state index contributed by atoms with van der Waals surface area (Å²) in [7, 11) is 0.191. The molecule has 0 spiro atoms. The molecule has 3 aliphatic heterocycles. The van der Waals surface area contributed by atoms with Crippen molar-refractivity contribution in [2.75, 3.05) is 20.3 Å². The maximum Gasteiger partial charge on any atom is 0.846 e. The average molecular weight is 578 g/mol. The number of nitrogens with one attached hydrogen (secondary N) is 1. The van der Waals surface area contributed by atoms with Crippen LogP contribution in [-0.4, -0.2) is 87.8 Å². The van der Waals surface area contributed by atoms with Gasteiger partial charge in [0.2, 0.25) is 5.91 Å². The lowest BCUT2D eigenvalue weighted by Crippen LogP contribution is -2.53. The van der Waals surface area contributed by atoms with E-state index in [0.717, 1.165) is 50.8 Å². The molecule has 1 aromatic carbocycles. The highest BCUT2D eigenvalue weighted by atomic mass is 19.1. The quantitative estimate of drug-likeness (QED) is 0.340. The van der Waals surface area contributed by atoms with Gasteiger partial charge in [-0.2, -0.15) is 0 Å². The van der Waals surface area contributed by atoms with Gasteiger partial charge in [-0.25, -0.2) is 8.80 Å². The number of rotatable bonds is 9. The fraction of sp³-hybridized carbons (Fsp3) is 0.419. The SMILES string of the molecule is COc1ccc(/C=C/C2=[N+]3B(F)n4c(C)cc(C)c4C(CCC(=O)NCC[C@H]4OC[C@H](O)[C@@H](O)[C@@H]4O)=C3C(C)=C2)cc1. The van der Waals surface area contributed by atoms with Crippen molar-refractivity contribution in [3.8, 4) is 5.75 Å². The lowest BCUT2D eigenvalue weighted by atomic mass is 9.88. The first-order chi connectivity index (χ1) is 20.1. The van der Waals surface area contributed by atoms with Crippen molar-refractivity contribution in [1.82, 2.24) is 9.79 Å². The minimum Gasteiger partial charge on any atom is -0.497 e. The lowest BCUT2D eigenvalue weighted by Gasteiger charge is -2.35. The number of methoxy groups -OCH3 is 1. The normalized spacial score (nSPS) is 23.8. The molecular weight excluding hydrogens is 540 g/mol. The highest BCUT2D eigenvalue weighted by molar-refractivity contribution is 6.44. The molecule has 2 aromatic rings. The Balaban J connectivity index is 1.35. The fourth-order valence-electron chi connectivity index (χ4n) is 6.06. The summed E-state index contributed by atoms with van der Waals surface area (Å²) in [6, 6.07) is 9.61. The van der Waals surface area contributed by atoms with Crippen LogP contribution < -0.4 is 10.1 Å². The van der Waals surface area contributed by atoms with Gasteiger partial charge >= 0.3 is 7.26 Å². The van der Waals surface area contributed by atoms with Gasteiger partial charge in [-0.1, -0.05) is 12.1 Å². The summed E-state index contributed by atoms with van der Waals surface area (Å²) in [5, 5.41) is 32.5. The van der Waals surface area contributed by atoms with Crippen LogP contribution in [0, 0.1) is 13.8 Å². The number of aryl methyl sites for hydroxylation is 2. The summed E-state index contributed by atoms with van der Waals surface area (Å²) in [4.78, 5) is 12.9. The van der Waals surface area contributed by atoms with Crippen LogP contribution in [0.15, 0.2) is 53.8 Å². The first kappa shape index (κ1) is 30.0. The summed E-state index contributed by atoms with van der Waals surface area (Å²) >= 11 is 0. The van der Waals surface area contributed by atoms with Gasteiger partial charge in [0, 0.05) is 47.7 Å². The number of amides is 1. The predicted molar refractivity (Wildman–Crippen MR) is 159 cm³/mol. The minimum absolute atomic E-state index is 0.0700. The second kappa shape index (κ2) is 12.4. The average Bonchev–Trinajstić information content (AvgIpc) is 3.47. The summed E-state index contributed by atoms with van der Waals surface area (Å²) in [6.07, 6.45) is 2.40. The van der Waals surface area contributed by atoms with Gasteiger partial charge in [-0.3, -0.25) is 9.27 Å². The molecule has 0 aliphatic carbocycles. The monoisotopic (exact) mass is 578 g/mol. The third-order valence-corrected chi connectivity index (χ3v) is 8.20. The van der Waals surface area contributed by atoms with E-state index in [2.05, 4.69) is 5.32 Å². The molecule has 0 unspecified atom stereocenters. The molecule has 0 radical (unpaired) electrons. The van der Waals surface area contributed by atoms with Crippen molar-refractivity contribution in [2.24, 2.45) is 0 Å². The molecule has 1 saturated heterocycles. The molecule has 11 heteroatoms. The largest absolute Gasteiger partial charge is 0.846 e. The molecule has 3 aliphatic rings. The molecule has 0 saturated carbocycles. The Morgan fingerprint density at radius 1 is 1.19 bits per heavy atom. The molecule has 1 fully saturated rings. The zero-order valence-electron chi connectivity index (χ0n) is 24.4. The van der Waals surface area contributed by atoms with E-state index in [1.54, 1.807) is 16.1 Å². The van der Waals surface area contributed by atoms with E-state index in [1.165, 1.54) is 0 Å². The van der Waals surface area contributed by atoms with Crippen molar-refractivity contribution in [3.05, 3.63) is 76.3 Å². The van der Waals surface area contributed by atoms with Crippen LogP contribution in [0.2, 0.25) is 0 Å². The van der Waals surface area contributed by atoms with E-state index in [4.69, 9.17) is 9.47 Å². The van der Waals surface area contributed by atoms with Gasteiger partial charge in [0.1, 0.15) is 24.1 Å². The molecular formula is C31H38BFN3O6+. The summed E-state index contributed by atoms with van der Waals surface area (Å²) in [5.74, 6) is 0.582. The number of hydrogen-bond donors (Lipinski definition) is 4. The van der Waals surface area contributed by atoms with Crippen LogP contribution in [0.3, 0.4) is 0 Å². The van der Waals surface area contributed by atoms with Gasteiger partial charge in [-0.05, 0) is 69.0 Å². The van der Waals surface area contributed by atoms with Gasteiger partial charge in [0.05, 0.1) is 19.8 Å². The number of aliphatic hydroxyl groups is 3. The molecule has 0 bridgehead atoms. The number of halogens is 1. The van der Waals surface area contributed by atoms with E-state index >= 15 is 4.32 Å². The van der Waals surface area contributed by atoms with Gasteiger partial charge in [0.25, 0.3) is 0 Å². The standard InChI is InChI=1S/C31H37BFN3O6/c1-18-15-20(3)35-28(18)24(11-12-27(38)34-14-13-26-31(40)30(39)25(37)17-42-26)29-19(2)16-22(36(29)32(35)33)8-5-21-6-9-23(41-4)10-7-21/h5-10,15-16,25-26,30-31,37,39-40H,11-14,17H2,1-4H3/p+1/b8-5+/t25-,26+,30+,31+/m0/s1. The Labute approximate surface area is 245 Å². The van der Waals surface area contributed by atoms with E-state index in [0.29, 0.717) is 12.8 Å². The van der Waals surface area contributed by atoms with Crippen molar-refractivity contribution in [1.29, 1.82) is 0 Å². The Morgan fingerprint density at radius 3 is 2.64 bits per heavy atom. The number of carbonyl (C=O) groups excluding carboxylic acids is 1. The Morgan fingerprint density at radius 2 is 1.93 bits per heavy atom. The van der Waals surface area contributed by atoms with Crippen LogP contribution in [0.25, 0.3) is 11.6 Å². The number of allylic oxidation sites excluding steroid dienone is 4. The van der Waals surface area contributed by atoms with Crippen molar-refractivity contribution < 1.29 is 38.4 Å². The number of hydrogen-bond acceptors (Lipinski definition) is 6. The molecule has 1 aromatic heterocycles. The minimum atomic E-state index is -1.43. The highest BCUT2D eigenvalue weighted by Gasteiger charge is 2.51. The molecule has 222 valence electrons. The molecule has 9 nitrogen and oxygen atoms in total. The third kappa shape index (κ3) is 5.74. The van der Waals surface area contributed by atoms with Gasteiger partial charge in [0.15, 0.2) is 11.4 Å². The van der Waals surface area contributed by atoms with Crippen LogP contribution in [-0.2, 0) is 9.53 Å². The smallest absolute Gasteiger partial charge is 0.497 e. The molecule has 4 N–H and O–H groups in total. The summed E-state index contributed by atoms with van der Waals surface area (Å²) in [5.41, 5.74) is 6.87. The van der Waals surface area contributed by atoms with Crippen molar-refractivity contribution in [2.45, 2.75) is 64.4 Å².